The third-order valence-electron chi connectivity index (χ3n) is 5.76. The third kappa shape index (κ3) is 9.54. The van der Waals surface area contributed by atoms with Gasteiger partial charge in [0.25, 0.3) is 0 Å². The van der Waals surface area contributed by atoms with Gasteiger partial charge in [-0.05, 0) is 68.7 Å². The Kier molecular flexibility index (Phi) is 16.3. The number of imidazole rings is 3. The van der Waals surface area contributed by atoms with Crippen LogP contribution in [0.4, 0.5) is 0 Å². The number of rotatable bonds is 7. The Bertz CT molecular complexity index is 1310. The van der Waals surface area contributed by atoms with Crippen LogP contribution >= 0.6 is 0 Å². The number of benzene rings is 1. The van der Waals surface area contributed by atoms with Crippen molar-refractivity contribution in [3.63, 3.8) is 0 Å². The van der Waals surface area contributed by atoms with Gasteiger partial charge in [-0.2, -0.15) is 0 Å². The van der Waals surface area contributed by atoms with Crippen molar-refractivity contribution in [2.75, 3.05) is 7.11 Å². The number of methoxy groups -OCH3 is 1. The first-order valence-electron chi connectivity index (χ1n) is 11.7. The van der Waals surface area contributed by atoms with E-state index >= 15 is 0 Å². The molecule has 0 aliphatic heterocycles. The molecule has 0 N–H and O–H groups in total. The summed E-state index contributed by atoms with van der Waals surface area (Å²) in [6.45, 7) is 9.00. The molecule has 1 aromatic carbocycles. The predicted octanol–water partition coefficient (Wildman–Crippen LogP) is 2.15. The van der Waals surface area contributed by atoms with Crippen molar-refractivity contribution in [1.29, 1.82) is 0 Å². The number of sulfone groups is 1. The quantitative estimate of drug-likeness (QED) is 0.128. The third-order valence-corrected chi connectivity index (χ3v) is 7.90. The van der Waals surface area contributed by atoms with Crippen LogP contribution in [0.25, 0.3) is 0 Å². The van der Waals surface area contributed by atoms with Gasteiger partial charge in [-0.25, -0.2) is 23.4 Å². The average molecular weight is 657 g/mol. The molecule has 2 atom stereocenters. The second-order valence-corrected chi connectivity index (χ2v) is 10.1. The van der Waals surface area contributed by atoms with E-state index in [2.05, 4.69) is 28.3 Å². The SMILES string of the molecule is COC(=O)C(C1[CH][CH][CH]CC1)S(=O)(=O)c1ccccc1.[C-]#[O+].[C-]#[O+].[Mo+2].c1cn([B-](n2ccnc2)n2ccnc2)cn1. The maximum absolute atomic E-state index is 12.7. The number of hydrogen-bond acceptors (Lipinski definition) is 7. The van der Waals surface area contributed by atoms with Gasteiger partial charge in [-0.3, -0.25) is 4.79 Å². The molecule has 4 radical (unpaired) electrons. The minimum atomic E-state index is -3.75. The molecule has 1 aliphatic rings. The summed E-state index contributed by atoms with van der Waals surface area (Å²) in [7, 11) is -2.58. The van der Waals surface area contributed by atoms with E-state index in [9.17, 15) is 13.2 Å². The van der Waals surface area contributed by atoms with Crippen LogP contribution in [0, 0.1) is 38.5 Å². The van der Waals surface area contributed by atoms with E-state index in [-0.39, 0.29) is 39.0 Å². The van der Waals surface area contributed by atoms with Crippen molar-refractivity contribution in [3.8, 4) is 0 Å². The van der Waals surface area contributed by atoms with Gasteiger partial charge in [0.05, 0.1) is 31.0 Å². The number of aromatic nitrogens is 6. The van der Waals surface area contributed by atoms with Gasteiger partial charge in [-0.15, -0.1) is 0 Å². The van der Waals surface area contributed by atoms with Crippen molar-refractivity contribution in [3.05, 3.63) is 119 Å². The second kappa shape index (κ2) is 18.8. The first-order chi connectivity index (χ1) is 19.5. The summed E-state index contributed by atoms with van der Waals surface area (Å²) in [5.74, 6) is -1.05. The molecule has 0 saturated heterocycles. The Morgan fingerprint density at radius 2 is 1.44 bits per heavy atom. The van der Waals surface area contributed by atoms with Gasteiger partial charge >= 0.3 is 49.6 Å². The summed E-state index contributed by atoms with van der Waals surface area (Å²) in [4.78, 5) is 24.3. The Hall–Kier alpha value is -3.50. The van der Waals surface area contributed by atoms with Crippen LogP contribution in [-0.2, 0) is 49.7 Å². The van der Waals surface area contributed by atoms with Gasteiger partial charge in [0.1, 0.15) is 0 Å². The van der Waals surface area contributed by atoms with Crippen molar-refractivity contribution in [2.45, 2.75) is 23.0 Å². The fourth-order valence-electron chi connectivity index (χ4n) is 4.04. The smallest absolute Gasteiger partial charge is 0.498 e. The topological polar surface area (TPSA) is 154 Å². The number of carbonyl (C=O) groups is 1. The molecule has 3 aromatic heterocycles. The van der Waals surface area contributed by atoms with E-state index in [0.29, 0.717) is 6.42 Å². The Labute approximate surface area is 253 Å². The van der Waals surface area contributed by atoms with Crippen LogP contribution in [0.1, 0.15) is 12.8 Å². The maximum Gasteiger partial charge on any atom is 2.00 e. The van der Waals surface area contributed by atoms with Crippen molar-refractivity contribution in [2.24, 2.45) is 5.92 Å². The molecule has 5 rings (SSSR count). The summed E-state index contributed by atoms with van der Waals surface area (Å²) in [5, 5.41) is -1.18. The van der Waals surface area contributed by atoms with Crippen LogP contribution in [-0.4, -0.2) is 62.3 Å². The van der Waals surface area contributed by atoms with Crippen LogP contribution in [0.5, 0.6) is 0 Å². The molecule has 2 unspecified atom stereocenters. The molecule has 210 valence electrons. The average Bonchev–Trinajstić information content (AvgIpc) is 3.83. The molecular weight excluding hydrogens is 631 g/mol. The van der Waals surface area contributed by atoms with Gasteiger partial charge in [0.2, 0.25) is 7.12 Å². The van der Waals surface area contributed by atoms with Crippen molar-refractivity contribution < 1.29 is 48.3 Å². The minimum absolute atomic E-state index is 0. The molecule has 0 amide bonds. The molecule has 15 heteroatoms. The molecule has 1 saturated carbocycles. The molecule has 1 aliphatic carbocycles. The van der Waals surface area contributed by atoms with Gasteiger partial charge in [0, 0.05) is 18.6 Å². The monoisotopic (exact) mass is 659 g/mol. The Balaban J connectivity index is 0.000000363. The molecule has 12 nitrogen and oxygen atoms in total. The van der Waals surface area contributed by atoms with E-state index in [4.69, 9.17) is 14.0 Å². The zero-order chi connectivity index (χ0) is 29.4. The fraction of sp³-hybridized carbons (Fsp3) is 0.192. The van der Waals surface area contributed by atoms with Crippen LogP contribution < -0.4 is 0 Å². The summed E-state index contributed by atoms with van der Waals surface area (Å²) in [6.07, 6.45) is 23.2. The number of hydrogen-bond donors (Lipinski definition) is 0. The second-order valence-electron chi connectivity index (χ2n) is 8.04. The number of ether oxygens (including phenoxy) is 1. The molecule has 0 bridgehead atoms. The van der Waals surface area contributed by atoms with Gasteiger partial charge in [-0.1, -0.05) is 18.2 Å². The number of carbonyl (C=O) groups excluding carboxylic acids is 1. The molecule has 1 fully saturated rings. The normalized spacial score (nSPS) is 13.4. The first kappa shape index (κ1) is 35.5. The number of nitrogens with zero attached hydrogens (tertiary/aromatic N) is 6. The van der Waals surface area contributed by atoms with E-state index in [1.807, 2.05) is 44.9 Å². The zero-order valence-corrected chi connectivity index (χ0v) is 24.7. The van der Waals surface area contributed by atoms with Crippen molar-refractivity contribution in [1.82, 2.24) is 28.4 Å². The molecular formula is C26H26BMoN6O6S+. The molecule has 0 spiro atoms. The Morgan fingerprint density at radius 1 is 0.951 bits per heavy atom. The van der Waals surface area contributed by atoms with Crippen LogP contribution in [0.2, 0.25) is 0 Å². The molecule has 3 heterocycles. The summed E-state index contributed by atoms with van der Waals surface area (Å²) >= 11 is 0. The maximum atomic E-state index is 12.7. The summed E-state index contributed by atoms with van der Waals surface area (Å²) < 4.78 is 51.0. The van der Waals surface area contributed by atoms with Gasteiger partial charge in [0.15, 0.2) is 15.1 Å². The predicted molar refractivity (Wildman–Crippen MR) is 142 cm³/mol. The molecule has 41 heavy (non-hydrogen) atoms. The van der Waals surface area contributed by atoms with E-state index in [1.165, 1.54) is 19.2 Å². The Morgan fingerprint density at radius 3 is 1.80 bits per heavy atom. The van der Waals surface area contributed by atoms with Gasteiger partial charge < -0.3 is 18.2 Å². The fourth-order valence-corrected chi connectivity index (χ4v) is 5.91. The van der Waals surface area contributed by atoms with E-state index < -0.39 is 21.1 Å². The minimum Gasteiger partial charge on any atom is -0.498 e. The van der Waals surface area contributed by atoms with Crippen LogP contribution in [0.15, 0.2) is 91.4 Å². The summed E-state index contributed by atoms with van der Waals surface area (Å²) in [6, 6.07) is 8.03. The first-order valence-corrected chi connectivity index (χ1v) is 13.3. The van der Waals surface area contributed by atoms with E-state index in [0.717, 1.165) is 6.42 Å². The zero-order valence-electron chi connectivity index (χ0n) is 21.9. The standard InChI is InChI=1S/C15H17O4S.C9H9BN6.2CO.Mo/c1-19-15(16)14(12-8-4-2-5-9-12)20(17,18)13-10-6-3-7-11-13;1-4-14(7-11-1)10(15-5-2-12-8-15)16-6-3-13-9-16;2*1-2;/h2-4,6-8,10-12,14H,5,9H2,1H3;1-9H;;;/q;-1;;;+2. The largest absolute Gasteiger partial charge is 2.00 e. The van der Waals surface area contributed by atoms with Crippen LogP contribution in [0.3, 0.4) is 0 Å². The van der Waals surface area contributed by atoms with E-state index in [1.54, 1.807) is 62.2 Å². The summed E-state index contributed by atoms with van der Waals surface area (Å²) in [5.41, 5.74) is 0. The number of esters is 1. The van der Waals surface area contributed by atoms with Crippen molar-refractivity contribution >= 4 is 22.9 Å². The molecule has 4 aromatic rings.